The van der Waals surface area contributed by atoms with Gasteiger partial charge >= 0.3 is 0 Å². The van der Waals surface area contributed by atoms with Crippen molar-refractivity contribution < 1.29 is 13.2 Å². The summed E-state index contributed by atoms with van der Waals surface area (Å²) in [5.74, 6) is 0.606. The molecule has 7 heteroatoms. The summed E-state index contributed by atoms with van der Waals surface area (Å²) in [6.07, 6.45) is 0. The predicted molar refractivity (Wildman–Crippen MR) is 76.1 cm³/mol. The summed E-state index contributed by atoms with van der Waals surface area (Å²) < 4.78 is 31.1. The Balaban J connectivity index is 2.64. The Morgan fingerprint density at radius 2 is 1.95 bits per heavy atom. The molecule has 19 heavy (non-hydrogen) atoms. The maximum Gasteiger partial charge on any atom is 0.232 e. The molecule has 0 unspecified atom stereocenters. The highest BCUT2D eigenvalue weighted by Crippen LogP contribution is 2.17. The minimum Gasteiger partial charge on any atom is -0.486 e. The van der Waals surface area contributed by atoms with Gasteiger partial charge in [-0.1, -0.05) is 13.8 Å². The number of benzene rings is 1. The molecule has 0 spiro atoms. The highest BCUT2D eigenvalue weighted by atomic mass is 32.2. The fourth-order valence-electron chi connectivity index (χ4n) is 1.44. The van der Waals surface area contributed by atoms with E-state index in [2.05, 4.69) is 4.72 Å². The van der Waals surface area contributed by atoms with E-state index < -0.39 is 10.0 Å². The van der Waals surface area contributed by atoms with Crippen molar-refractivity contribution in [2.24, 2.45) is 11.7 Å². The van der Waals surface area contributed by atoms with E-state index in [1.807, 2.05) is 13.8 Å². The Morgan fingerprint density at radius 3 is 2.42 bits per heavy atom. The number of anilines is 1. The standard InChI is InChI=1S/C12H19N3O3S/c1-9(2)8-19(16,17)15-10-3-5-11(6-4-10)18-7-12(13)14/h3-6,9,15H,7-8H2,1-2H3,(H3,13,14). The van der Waals surface area contributed by atoms with Gasteiger partial charge in [-0.2, -0.15) is 0 Å². The summed E-state index contributed by atoms with van der Waals surface area (Å²) in [7, 11) is -3.32. The zero-order valence-electron chi connectivity index (χ0n) is 11.0. The number of hydrogen-bond donors (Lipinski definition) is 3. The molecule has 0 radical (unpaired) electrons. The molecule has 1 aromatic carbocycles. The van der Waals surface area contributed by atoms with Crippen LogP contribution in [-0.4, -0.2) is 26.6 Å². The number of nitrogens with one attached hydrogen (secondary N) is 2. The van der Waals surface area contributed by atoms with Gasteiger partial charge in [-0.25, -0.2) is 8.42 Å². The molecule has 0 amide bonds. The second-order valence-electron chi connectivity index (χ2n) is 4.62. The molecular weight excluding hydrogens is 266 g/mol. The molecular formula is C12H19N3O3S. The van der Waals surface area contributed by atoms with E-state index in [9.17, 15) is 8.42 Å². The number of sulfonamides is 1. The molecule has 0 saturated carbocycles. The minimum absolute atomic E-state index is 0.0123. The molecule has 0 heterocycles. The van der Waals surface area contributed by atoms with Gasteiger partial charge < -0.3 is 10.5 Å². The SMILES string of the molecule is CC(C)CS(=O)(=O)Nc1ccc(OCC(=N)N)cc1. The first-order valence-electron chi connectivity index (χ1n) is 5.85. The average Bonchev–Trinajstić information content (AvgIpc) is 2.25. The lowest BCUT2D eigenvalue weighted by Crippen LogP contribution is -2.20. The van der Waals surface area contributed by atoms with Gasteiger partial charge in [-0.3, -0.25) is 10.1 Å². The number of amidine groups is 1. The van der Waals surface area contributed by atoms with Crippen molar-refractivity contribution in [1.82, 2.24) is 0 Å². The summed E-state index contributed by atoms with van der Waals surface area (Å²) in [6, 6.07) is 6.45. The highest BCUT2D eigenvalue weighted by molar-refractivity contribution is 7.92. The average molecular weight is 285 g/mol. The number of nitrogens with two attached hydrogens (primary N) is 1. The summed E-state index contributed by atoms with van der Waals surface area (Å²) in [4.78, 5) is 0. The fraction of sp³-hybridized carbons (Fsp3) is 0.417. The van der Waals surface area contributed by atoms with Gasteiger partial charge in [0.05, 0.1) is 5.75 Å². The molecule has 1 aromatic rings. The van der Waals surface area contributed by atoms with Crippen LogP contribution in [0.5, 0.6) is 5.75 Å². The highest BCUT2D eigenvalue weighted by Gasteiger charge is 2.12. The summed E-state index contributed by atoms with van der Waals surface area (Å²) in [6.45, 7) is 3.70. The van der Waals surface area contributed by atoms with Crippen molar-refractivity contribution in [2.45, 2.75) is 13.8 Å². The number of ether oxygens (including phenoxy) is 1. The summed E-state index contributed by atoms with van der Waals surface area (Å²) >= 11 is 0. The van der Waals surface area contributed by atoms with Gasteiger partial charge in [0.25, 0.3) is 0 Å². The molecule has 4 N–H and O–H groups in total. The third kappa shape index (κ3) is 6.10. The van der Waals surface area contributed by atoms with E-state index >= 15 is 0 Å². The van der Waals surface area contributed by atoms with Crippen LogP contribution in [0.3, 0.4) is 0 Å². The first kappa shape index (κ1) is 15.3. The van der Waals surface area contributed by atoms with Crippen molar-refractivity contribution >= 4 is 21.5 Å². The van der Waals surface area contributed by atoms with Crippen LogP contribution in [0, 0.1) is 11.3 Å². The van der Waals surface area contributed by atoms with Crippen LogP contribution >= 0.6 is 0 Å². The number of rotatable bonds is 7. The minimum atomic E-state index is -3.32. The molecule has 0 aliphatic heterocycles. The van der Waals surface area contributed by atoms with Crippen LogP contribution in [0.2, 0.25) is 0 Å². The quantitative estimate of drug-likeness (QED) is 0.520. The lowest BCUT2D eigenvalue weighted by atomic mass is 10.3. The van der Waals surface area contributed by atoms with Crippen LogP contribution in [0.25, 0.3) is 0 Å². The maximum atomic E-state index is 11.7. The maximum absolute atomic E-state index is 11.7. The monoisotopic (exact) mass is 285 g/mol. The van der Waals surface area contributed by atoms with Gasteiger partial charge in [0, 0.05) is 5.69 Å². The fourth-order valence-corrected chi connectivity index (χ4v) is 2.90. The van der Waals surface area contributed by atoms with Crippen molar-refractivity contribution in [3.8, 4) is 5.75 Å². The van der Waals surface area contributed by atoms with Gasteiger partial charge in [0.1, 0.15) is 18.2 Å². The molecule has 0 atom stereocenters. The van der Waals surface area contributed by atoms with Crippen molar-refractivity contribution in [3.63, 3.8) is 0 Å². The van der Waals surface area contributed by atoms with Crippen LogP contribution in [0.15, 0.2) is 24.3 Å². The third-order valence-corrected chi connectivity index (χ3v) is 3.73. The molecule has 106 valence electrons. The van der Waals surface area contributed by atoms with E-state index in [0.29, 0.717) is 11.4 Å². The Bertz CT molecular complexity index is 524. The normalized spacial score (nSPS) is 11.3. The van der Waals surface area contributed by atoms with Crippen molar-refractivity contribution in [3.05, 3.63) is 24.3 Å². The molecule has 0 bridgehead atoms. The lowest BCUT2D eigenvalue weighted by molar-refractivity contribution is 0.374. The first-order chi connectivity index (χ1) is 8.78. The largest absolute Gasteiger partial charge is 0.486 e. The van der Waals surface area contributed by atoms with Crippen LogP contribution < -0.4 is 15.2 Å². The second kappa shape index (κ2) is 6.42. The predicted octanol–water partition coefficient (Wildman–Crippen LogP) is 1.40. The zero-order chi connectivity index (χ0) is 14.5. The molecule has 1 rings (SSSR count). The van der Waals surface area contributed by atoms with Crippen molar-refractivity contribution in [1.29, 1.82) is 5.41 Å². The second-order valence-corrected chi connectivity index (χ2v) is 6.38. The third-order valence-electron chi connectivity index (χ3n) is 2.07. The lowest BCUT2D eigenvalue weighted by Gasteiger charge is -2.10. The van der Waals surface area contributed by atoms with E-state index in [-0.39, 0.29) is 24.1 Å². The molecule has 0 fully saturated rings. The van der Waals surface area contributed by atoms with Gasteiger partial charge in [0.2, 0.25) is 10.0 Å². The van der Waals surface area contributed by atoms with Gasteiger partial charge in [-0.05, 0) is 30.2 Å². The van der Waals surface area contributed by atoms with Crippen molar-refractivity contribution in [2.75, 3.05) is 17.1 Å². The van der Waals surface area contributed by atoms with Crippen LogP contribution in [0.1, 0.15) is 13.8 Å². The van der Waals surface area contributed by atoms with Gasteiger partial charge in [0.15, 0.2) is 0 Å². The molecule has 0 saturated heterocycles. The Morgan fingerprint density at radius 1 is 1.37 bits per heavy atom. The summed E-state index contributed by atoms with van der Waals surface area (Å²) in [5, 5.41) is 7.03. The molecule has 6 nitrogen and oxygen atoms in total. The summed E-state index contributed by atoms with van der Waals surface area (Å²) in [5.41, 5.74) is 5.65. The Kier molecular flexibility index (Phi) is 5.17. The zero-order valence-corrected chi connectivity index (χ0v) is 11.8. The first-order valence-corrected chi connectivity index (χ1v) is 7.50. The van der Waals surface area contributed by atoms with Crippen LogP contribution in [-0.2, 0) is 10.0 Å². The van der Waals surface area contributed by atoms with Crippen LogP contribution in [0.4, 0.5) is 5.69 Å². The van der Waals surface area contributed by atoms with Gasteiger partial charge in [-0.15, -0.1) is 0 Å². The van der Waals surface area contributed by atoms with E-state index in [4.69, 9.17) is 15.9 Å². The molecule has 0 aliphatic rings. The topological polar surface area (TPSA) is 105 Å². The molecule has 0 aromatic heterocycles. The van der Waals surface area contributed by atoms with E-state index in [0.717, 1.165) is 0 Å². The van der Waals surface area contributed by atoms with E-state index in [1.54, 1.807) is 24.3 Å². The smallest absolute Gasteiger partial charge is 0.232 e. The number of hydrogen-bond acceptors (Lipinski definition) is 4. The van der Waals surface area contributed by atoms with E-state index in [1.165, 1.54) is 0 Å². The molecule has 0 aliphatic carbocycles. The Hall–Kier alpha value is -1.76. The Labute approximate surface area is 113 Å².